The lowest BCUT2D eigenvalue weighted by atomic mass is 10.2. The zero-order valence-electron chi connectivity index (χ0n) is 11.9. The smallest absolute Gasteiger partial charge is 0.353 e. The van der Waals surface area contributed by atoms with Crippen LogP contribution in [0.1, 0.15) is 22.2 Å². The Labute approximate surface area is 138 Å². The highest BCUT2D eigenvalue weighted by Gasteiger charge is 2.08. The third kappa shape index (κ3) is 4.94. The average Bonchev–Trinajstić information content (AvgIpc) is 3.04. The number of hydrogen-bond acceptors (Lipinski definition) is 5. The van der Waals surface area contributed by atoms with E-state index in [1.165, 1.54) is 11.3 Å². The Balaban J connectivity index is 1.89. The summed E-state index contributed by atoms with van der Waals surface area (Å²) in [5, 5.41) is 9.24. The van der Waals surface area contributed by atoms with Crippen molar-refractivity contribution in [1.29, 1.82) is 0 Å². The van der Waals surface area contributed by atoms with Crippen molar-refractivity contribution < 1.29 is 9.53 Å². The van der Waals surface area contributed by atoms with Crippen LogP contribution >= 0.6 is 23.6 Å². The molecule has 0 aliphatic heterocycles. The normalized spacial score (nSPS) is 10.4. The van der Waals surface area contributed by atoms with E-state index in [0.29, 0.717) is 15.7 Å². The van der Waals surface area contributed by atoms with Gasteiger partial charge < -0.3 is 10.1 Å². The quantitative estimate of drug-likeness (QED) is 0.290. The predicted molar refractivity (Wildman–Crippen MR) is 92.7 cm³/mol. The van der Waals surface area contributed by atoms with Crippen molar-refractivity contribution in [2.24, 2.45) is 5.10 Å². The molecule has 0 bridgehead atoms. The van der Waals surface area contributed by atoms with Gasteiger partial charge in [-0.2, -0.15) is 5.10 Å². The van der Waals surface area contributed by atoms with E-state index >= 15 is 0 Å². The van der Waals surface area contributed by atoms with E-state index in [0.717, 1.165) is 12.1 Å². The van der Waals surface area contributed by atoms with Gasteiger partial charge in [0.1, 0.15) is 10.6 Å². The van der Waals surface area contributed by atoms with Gasteiger partial charge in [-0.3, -0.25) is 5.43 Å². The minimum absolute atomic E-state index is 0.353. The second-order valence-electron chi connectivity index (χ2n) is 4.17. The molecule has 7 heteroatoms. The zero-order chi connectivity index (χ0) is 15.8. The molecule has 5 nitrogen and oxygen atoms in total. The van der Waals surface area contributed by atoms with E-state index in [9.17, 15) is 4.79 Å². The number of hydrazone groups is 1. The Kier molecular flexibility index (Phi) is 6.05. The van der Waals surface area contributed by atoms with Gasteiger partial charge in [0.05, 0.1) is 6.21 Å². The highest BCUT2D eigenvalue weighted by molar-refractivity contribution is 7.80. The van der Waals surface area contributed by atoms with Crippen LogP contribution in [0.25, 0.3) is 0 Å². The zero-order valence-corrected chi connectivity index (χ0v) is 13.5. The summed E-state index contributed by atoms with van der Waals surface area (Å²) < 4.78 is 5.27. The van der Waals surface area contributed by atoms with Gasteiger partial charge in [-0.1, -0.05) is 6.07 Å². The van der Waals surface area contributed by atoms with Gasteiger partial charge >= 0.3 is 5.97 Å². The number of benzene rings is 1. The van der Waals surface area contributed by atoms with E-state index in [-0.39, 0.29) is 5.97 Å². The Morgan fingerprint density at radius 2 is 2.14 bits per heavy atom. The molecule has 0 saturated carbocycles. The summed E-state index contributed by atoms with van der Waals surface area (Å²) in [4.78, 5) is 12.4. The largest absolute Gasteiger partial charge is 0.422 e. The SMILES string of the molecule is CCNC(=S)N/N=C/c1ccc(OC(=O)c2cccs2)cc1. The molecule has 0 fully saturated rings. The number of rotatable bonds is 5. The van der Waals surface area contributed by atoms with Gasteiger partial charge in [0, 0.05) is 6.54 Å². The minimum atomic E-state index is -0.353. The van der Waals surface area contributed by atoms with Crippen LogP contribution in [0.3, 0.4) is 0 Å². The third-order valence-corrected chi connectivity index (χ3v) is 3.62. The number of nitrogens with zero attached hydrogens (tertiary/aromatic N) is 1. The van der Waals surface area contributed by atoms with E-state index in [1.807, 2.05) is 18.4 Å². The lowest BCUT2D eigenvalue weighted by molar-refractivity contribution is 0.0740. The maximum atomic E-state index is 11.8. The molecule has 0 aliphatic rings. The van der Waals surface area contributed by atoms with Crippen LogP contribution in [-0.2, 0) is 0 Å². The maximum Gasteiger partial charge on any atom is 0.353 e. The topological polar surface area (TPSA) is 62.7 Å². The number of hydrogen-bond donors (Lipinski definition) is 2. The molecule has 0 saturated heterocycles. The van der Waals surface area contributed by atoms with Gasteiger partial charge in [0.2, 0.25) is 0 Å². The molecule has 2 aromatic rings. The first-order valence-corrected chi connectivity index (χ1v) is 7.90. The average molecular weight is 333 g/mol. The minimum Gasteiger partial charge on any atom is -0.422 e. The molecule has 2 rings (SSSR count). The van der Waals surface area contributed by atoms with E-state index < -0.39 is 0 Å². The van der Waals surface area contributed by atoms with Crippen molar-refractivity contribution in [3.63, 3.8) is 0 Å². The van der Waals surface area contributed by atoms with Crippen molar-refractivity contribution in [3.05, 3.63) is 52.2 Å². The molecule has 0 radical (unpaired) electrons. The van der Waals surface area contributed by atoms with Gasteiger partial charge in [-0.05, 0) is 60.4 Å². The molecule has 114 valence electrons. The molecule has 1 heterocycles. The molecule has 0 amide bonds. The molecule has 1 aromatic carbocycles. The van der Waals surface area contributed by atoms with Gasteiger partial charge in [-0.25, -0.2) is 4.79 Å². The summed E-state index contributed by atoms with van der Waals surface area (Å²) in [6.07, 6.45) is 1.63. The number of carbonyl (C=O) groups excluding carboxylic acids is 1. The fraction of sp³-hybridized carbons (Fsp3) is 0.133. The Morgan fingerprint density at radius 3 is 2.77 bits per heavy atom. The van der Waals surface area contributed by atoms with Gasteiger partial charge in [0.25, 0.3) is 0 Å². The Bertz CT molecular complexity index is 652. The highest BCUT2D eigenvalue weighted by atomic mass is 32.1. The van der Waals surface area contributed by atoms with E-state index in [2.05, 4.69) is 15.8 Å². The van der Waals surface area contributed by atoms with Crippen molar-refractivity contribution in [3.8, 4) is 5.75 Å². The first-order chi connectivity index (χ1) is 10.7. The first kappa shape index (κ1) is 16.1. The van der Waals surface area contributed by atoms with Gasteiger partial charge in [0.15, 0.2) is 5.11 Å². The molecule has 0 unspecified atom stereocenters. The van der Waals surface area contributed by atoms with E-state index in [1.54, 1.807) is 36.5 Å². The van der Waals surface area contributed by atoms with Crippen molar-refractivity contribution >= 4 is 40.9 Å². The molecule has 0 atom stereocenters. The number of nitrogens with one attached hydrogen (secondary N) is 2. The van der Waals surface area contributed by atoms with Crippen LogP contribution in [-0.4, -0.2) is 23.8 Å². The van der Waals surface area contributed by atoms with E-state index in [4.69, 9.17) is 17.0 Å². The lowest BCUT2D eigenvalue weighted by Gasteiger charge is -2.04. The number of ether oxygens (including phenoxy) is 1. The summed E-state index contributed by atoms with van der Waals surface area (Å²) in [7, 11) is 0. The summed E-state index contributed by atoms with van der Waals surface area (Å²) >= 11 is 6.33. The molecule has 0 spiro atoms. The van der Waals surface area contributed by atoms with Crippen molar-refractivity contribution in [2.75, 3.05) is 6.54 Å². The highest BCUT2D eigenvalue weighted by Crippen LogP contribution is 2.16. The van der Waals surface area contributed by atoms with Crippen LogP contribution < -0.4 is 15.5 Å². The number of thiocarbonyl (C=S) groups is 1. The molecule has 2 N–H and O–H groups in total. The van der Waals surface area contributed by atoms with Crippen molar-refractivity contribution in [2.45, 2.75) is 6.92 Å². The summed E-state index contributed by atoms with van der Waals surface area (Å²) in [5.74, 6) is 0.140. The van der Waals surface area contributed by atoms with Crippen LogP contribution in [0.5, 0.6) is 5.75 Å². The monoisotopic (exact) mass is 333 g/mol. The lowest BCUT2D eigenvalue weighted by Crippen LogP contribution is -2.31. The maximum absolute atomic E-state index is 11.8. The fourth-order valence-corrected chi connectivity index (χ4v) is 2.34. The summed E-state index contributed by atoms with van der Waals surface area (Å²) in [6, 6.07) is 10.6. The first-order valence-electron chi connectivity index (χ1n) is 6.61. The number of carbonyl (C=O) groups is 1. The Morgan fingerprint density at radius 1 is 1.36 bits per heavy atom. The standard InChI is InChI=1S/C15H15N3O2S2/c1-2-16-15(21)18-17-10-11-5-7-12(8-6-11)20-14(19)13-4-3-9-22-13/h3-10H,2H2,1H3,(H2,16,18,21)/b17-10+. The molecule has 0 aliphatic carbocycles. The van der Waals surface area contributed by atoms with Crippen LogP contribution in [0.4, 0.5) is 0 Å². The second-order valence-corrected chi connectivity index (χ2v) is 5.52. The van der Waals surface area contributed by atoms with Crippen LogP contribution in [0.15, 0.2) is 46.9 Å². The van der Waals surface area contributed by atoms with Crippen LogP contribution in [0.2, 0.25) is 0 Å². The van der Waals surface area contributed by atoms with Crippen molar-refractivity contribution in [1.82, 2.24) is 10.7 Å². The summed E-state index contributed by atoms with van der Waals surface area (Å²) in [5.41, 5.74) is 3.57. The molecular formula is C15H15N3O2S2. The number of thiophene rings is 1. The molecule has 22 heavy (non-hydrogen) atoms. The fourth-order valence-electron chi connectivity index (χ4n) is 1.54. The summed E-state index contributed by atoms with van der Waals surface area (Å²) in [6.45, 7) is 2.69. The number of esters is 1. The second kappa shape index (κ2) is 8.26. The molecular weight excluding hydrogens is 318 g/mol. The molecule has 1 aromatic heterocycles. The predicted octanol–water partition coefficient (Wildman–Crippen LogP) is 2.79. The third-order valence-electron chi connectivity index (χ3n) is 2.53. The Hall–Kier alpha value is -2.25. The van der Waals surface area contributed by atoms with Gasteiger partial charge in [-0.15, -0.1) is 11.3 Å². The van der Waals surface area contributed by atoms with Crippen LogP contribution in [0, 0.1) is 0 Å².